The summed E-state index contributed by atoms with van der Waals surface area (Å²) in [5, 5.41) is 0.777. The van der Waals surface area contributed by atoms with Crippen molar-refractivity contribution < 1.29 is 9.53 Å². The van der Waals surface area contributed by atoms with Gasteiger partial charge in [-0.25, -0.2) is 0 Å². The Morgan fingerprint density at radius 1 is 1.44 bits per heavy atom. The highest BCUT2D eigenvalue weighted by Gasteiger charge is 2.35. The Kier molecular flexibility index (Phi) is 3.63. The van der Waals surface area contributed by atoms with Crippen molar-refractivity contribution in [3.05, 3.63) is 21.9 Å². The molecule has 0 aromatic carbocycles. The molecule has 0 radical (unpaired) electrons. The molecule has 1 amide bonds. The Labute approximate surface area is 116 Å². The van der Waals surface area contributed by atoms with Crippen LogP contribution in [0.2, 0.25) is 10.2 Å². The molecule has 1 aliphatic rings. The van der Waals surface area contributed by atoms with Gasteiger partial charge >= 0.3 is 0 Å². The molecule has 6 heteroatoms. The van der Waals surface area contributed by atoms with Crippen molar-refractivity contribution in [1.29, 1.82) is 0 Å². The van der Waals surface area contributed by atoms with E-state index in [1.807, 2.05) is 13.8 Å². The molecule has 2 heterocycles. The van der Waals surface area contributed by atoms with E-state index in [1.54, 1.807) is 22.6 Å². The molecule has 1 aromatic heterocycles. The number of hydrogen-bond acceptors (Lipinski definition) is 2. The summed E-state index contributed by atoms with van der Waals surface area (Å²) in [6, 6.07) is 1.61. The van der Waals surface area contributed by atoms with E-state index < -0.39 is 0 Å². The summed E-state index contributed by atoms with van der Waals surface area (Å²) in [5.74, 6) is -0.0698. The van der Waals surface area contributed by atoms with Gasteiger partial charge in [-0.05, 0) is 19.9 Å². The van der Waals surface area contributed by atoms with Gasteiger partial charge in [-0.1, -0.05) is 23.2 Å². The molecule has 0 atom stereocenters. The molecular formula is C12H16Cl2N2O2. The van der Waals surface area contributed by atoms with Crippen LogP contribution < -0.4 is 0 Å². The fourth-order valence-corrected chi connectivity index (χ4v) is 2.50. The van der Waals surface area contributed by atoms with Gasteiger partial charge in [0.25, 0.3) is 5.91 Å². The van der Waals surface area contributed by atoms with Crippen molar-refractivity contribution >= 4 is 29.1 Å². The van der Waals surface area contributed by atoms with Crippen LogP contribution in [-0.4, -0.2) is 40.7 Å². The number of morpholine rings is 1. The number of nitrogens with zero attached hydrogens (tertiary/aromatic N) is 2. The fraction of sp³-hybridized carbons (Fsp3) is 0.583. The third-order valence-electron chi connectivity index (χ3n) is 3.23. The van der Waals surface area contributed by atoms with Gasteiger partial charge in [-0.2, -0.15) is 0 Å². The zero-order valence-corrected chi connectivity index (χ0v) is 12.2. The molecule has 1 aromatic rings. The Hall–Kier alpha value is -0.710. The Morgan fingerprint density at radius 2 is 2.11 bits per heavy atom. The topological polar surface area (TPSA) is 34.5 Å². The Morgan fingerprint density at radius 3 is 2.61 bits per heavy atom. The Bertz CT molecular complexity index is 483. The SMILES string of the molecule is Cn1c(C(=O)N2CCOCC2(C)C)cc(Cl)c1Cl. The highest BCUT2D eigenvalue weighted by molar-refractivity contribution is 6.41. The number of carbonyl (C=O) groups excluding carboxylic acids is 1. The molecule has 18 heavy (non-hydrogen) atoms. The smallest absolute Gasteiger partial charge is 0.271 e. The minimum absolute atomic E-state index is 0.0698. The van der Waals surface area contributed by atoms with E-state index in [9.17, 15) is 4.79 Å². The van der Waals surface area contributed by atoms with E-state index in [4.69, 9.17) is 27.9 Å². The molecule has 0 saturated carbocycles. The van der Waals surface area contributed by atoms with Crippen molar-refractivity contribution in [2.75, 3.05) is 19.8 Å². The average molecular weight is 291 g/mol. The normalized spacial score (nSPS) is 19.1. The van der Waals surface area contributed by atoms with Gasteiger partial charge in [0.1, 0.15) is 10.8 Å². The van der Waals surface area contributed by atoms with Crippen LogP contribution in [0, 0.1) is 0 Å². The highest BCUT2D eigenvalue weighted by Crippen LogP contribution is 2.28. The number of hydrogen-bond donors (Lipinski definition) is 0. The monoisotopic (exact) mass is 290 g/mol. The van der Waals surface area contributed by atoms with E-state index in [0.717, 1.165) is 0 Å². The third kappa shape index (κ3) is 2.25. The van der Waals surface area contributed by atoms with Gasteiger partial charge in [-0.15, -0.1) is 0 Å². The first-order valence-corrected chi connectivity index (χ1v) is 6.50. The van der Waals surface area contributed by atoms with Crippen molar-refractivity contribution in [3.63, 3.8) is 0 Å². The lowest BCUT2D eigenvalue weighted by Crippen LogP contribution is -2.55. The van der Waals surface area contributed by atoms with Gasteiger partial charge in [-0.3, -0.25) is 4.79 Å². The zero-order chi connectivity index (χ0) is 13.5. The Balaban J connectivity index is 2.33. The van der Waals surface area contributed by atoms with E-state index in [2.05, 4.69) is 0 Å². The van der Waals surface area contributed by atoms with E-state index in [-0.39, 0.29) is 11.4 Å². The molecule has 4 nitrogen and oxygen atoms in total. The van der Waals surface area contributed by atoms with E-state index in [1.165, 1.54) is 0 Å². The maximum atomic E-state index is 12.5. The van der Waals surface area contributed by atoms with Crippen LogP contribution in [0.15, 0.2) is 6.07 Å². The van der Waals surface area contributed by atoms with Crippen molar-refractivity contribution in [2.45, 2.75) is 19.4 Å². The second-order valence-corrected chi connectivity index (χ2v) is 5.81. The van der Waals surface area contributed by atoms with Gasteiger partial charge in [0, 0.05) is 13.6 Å². The van der Waals surface area contributed by atoms with Crippen LogP contribution in [-0.2, 0) is 11.8 Å². The fourth-order valence-electron chi connectivity index (χ4n) is 2.12. The number of rotatable bonds is 1. The molecule has 0 aliphatic carbocycles. The first-order chi connectivity index (χ1) is 8.34. The molecule has 0 N–H and O–H groups in total. The molecular weight excluding hydrogens is 275 g/mol. The summed E-state index contributed by atoms with van der Waals surface area (Å²) in [7, 11) is 1.73. The van der Waals surface area contributed by atoms with E-state index >= 15 is 0 Å². The number of aromatic nitrogens is 1. The largest absolute Gasteiger partial charge is 0.377 e. The van der Waals surface area contributed by atoms with Crippen molar-refractivity contribution in [2.24, 2.45) is 7.05 Å². The molecule has 2 rings (SSSR count). The standard InChI is InChI=1S/C12H16Cl2N2O2/c1-12(2)7-18-5-4-16(12)11(17)9-6-8(13)10(14)15(9)3/h6H,4-5,7H2,1-3H3. The van der Waals surface area contributed by atoms with Crippen LogP contribution in [0.4, 0.5) is 0 Å². The summed E-state index contributed by atoms with van der Waals surface area (Å²) < 4.78 is 7.02. The highest BCUT2D eigenvalue weighted by atomic mass is 35.5. The number of carbonyl (C=O) groups is 1. The summed E-state index contributed by atoms with van der Waals surface area (Å²) >= 11 is 11.9. The van der Waals surface area contributed by atoms with Gasteiger partial charge in [0.05, 0.1) is 23.8 Å². The molecule has 1 saturated heterocycles. The van der Waals surface area contributed by atoms with Crippen LogP contribution in [0.5, 0.6) is 0 Å². The number of halogens is 2. The van der Waals surface area contributed by atoms with E-state index in [0.29, 0.717) is 35.6 Å². The maximum absolute atomic E-state index is 12.5. The van der Waals surface area contributed by atoms with Crippen molar-refractivity contribution in [3.8, 4) is 0 Å². The van der Waals surface area contributed by atoms with Crippen LogP contribution in [0.1, 0.15) is 24.3 Å². The average Bonchev–Trinajstić information content (AvgIpc) is 2.56. The van der Waals surface area contributed by atoms with Gasteiger partial charge < -0.3 is 14.2 Å². The van der Waals surface area contributed by atoms with Crippen molar-refractivity contribution in [1.82, 2.24) is 9.47 Å². The lowest BCUT2D eigenvalue weighted by atomic mass is 10.0. The number of amides is 1. The van der Waals surface area contributed by atoms with Gasteiger partial charge in [0.2, 0.25) is 0 Å². The maximum Gasteiger partial charge on any atom is 0.271 e. The molecule has 0 bridgehead atoms. The minimum atomic E-state index is -0.321. The van der Waals surface area contributed by atoms with Crippen LogP contribution in [0.25, 0.3) is 0 Å². The predicted molar refractivity (Wildman–Crippen MR) is 71.4 cm³/mol. The second-order valence-electron chi connectivity index (χ2n) is 5.05. The molecule has 1 aliphatic heterocycles. The lowest BCUT2D eigenvalue weighted by Gasteiger charge is -2.42. The zero-order valence-electron chi connectivity index (χ0n) is 10.7. The second kappa shape index (κ2) is 4.76. The predicted octanol–water partition coefficient (Wildman–Crippen LogP) is 2.58. The number of ether oxygens (including phenoxy) is 1. The summed E-state index contributed by atoms with van der Waals surface area (Å²) in [4.78, 5) is 14.3. The molecule has 0 unspecified atom stereocenters. The molecule has 1 fully saturated rings. The first kappa shape index (κ1) is 13.7. The first-order valence-electron chi connectivity index (χ1n) is 5.75. The summed E-state index contributed by atoms with van der Waals surface area (Å²) in [6.45, 7) is 5.63. The molecule has 0 spiro atoms. The molecule has 100 valence electrons. The third-order valence-corrected chi connectivity index (χ3v) is 4.07. The lowest BCUT2D eigenvalue weighted by molar-refractivity contribution is -0.0374. The van der Waals surface area contributed by atoms with Crippen LogP contribution >= 0.6 is 23.2 Å². The quantitative estimate of drug-likeness (QED) is 0.797. The van der Waals surface area contributed by atoms with Gasteiger partial charge in [0.15, 0.2) is 0 Å². The summed E-state index contributed by atoms with van der Waals surface area (Å²) in [5.41, 5.74) is 0.179. The summed E-state index contributed by atoms with van der Waals surface area (Å²) in [6.07, 6.45) is 0. The minimum Gasteiger partial charge on any atom is -0.377 e. The van der Waals surface area contributed by atoms with Crippen LogP contribution in [0.3, 0.4) is 0 Å².